The number of piperidine rings is 1. The molecule has 0 aliphatic carbocycles. The normalized spacial score (nSPS) is 15.2. The lowest BCUT2D eigenvalue weighted by Gasteiger charge is -2.33. The Bertz CT molecular complexity index is 796. The van der Waals surface area contributed by atoms with E-state index >= 15 is 0 Å². The van der Waals surface area contributed by atoms with E-state index in [0.717, 1.165) is 24.3 Å². The van der Waals surface area contributed by atoms with Crippen molar-refractivity contribution in [1.29, 1.82) is 0 Å². The minimum Gasteiger partial charge on any atom is -0.490 e. The molecule has 1 aliphatic rings. The van der Waals surface area contributed by atoms with Crippen molar-refractivity contribution in [1.82, 2.24) is 14.9 Å². The Kier molecular flexibility index (Phi) is 5.87. The molecule has 3 N–H and O–H groups in total. The number of ether oxygens (including phenoxy) is 2. The zero-order chi connectivity index (χ0) is 20.1. The van der Waals surface area contributed by atoms with Gasteiger partial charge in [-0.3, -0.25) is 0 Å². The van der Waals surface area contributed by atoms with Crippen LogP contribution < -0.4 is 15.8 Å². The summed E-state index contributed by atoms with van der Waals surface area (Å²) in [6.45, 7) is 6.88. The van der Waals surface area contributed by atoms with Crippen LogP contribution in [0, 0.1) is 0 Å². The van der Waals surface area contributed by atoms with Crippen LogP contribution in [0.5, 0.6) is 5.75 Å². The van der Waals surface area contributed by atoms with E-state index in [1.807, 2.05) is 45.0 Å². The molecule has 0 saturated carbocycles. The van der Waals surface area contributed by atoms with Gasteiger partial charge in [-0.05, 0) is 45.0 Å². The summed E-state index contributed by atoms with van der Waals surface area (Å²) in [7, 11) is 0. The Labute approximate surface area is 165 Å². The lowest BCUT2D eigenvalue weighted by Crippen LogP contribution is -2.44. The van der Waals surface area contributed by atoms with Crippen LogP contribution in [0.15, 0.2) is 36.8 Å². The Balaban J connectivity index is 1.49. The Hall–Kier alpha value is -3.03. The maximum absolute atomic E-state index is 12.1. The van der Waals surface area contributed by atoms with Gasteiger partial charge in [-0.1, -0.05) is 0 Å². The number of nitrogens with one attached hydrogen (secondary N) is 1. The zero-order valence-corrected chi connectivity index (χ0v) is 16.5. The fourth-order valence-electron chi connectivity index (χ4n) is 2.87. The molecule has 0 spiro atoms. The summed E-state index contributed by atoms with van der Waals surface area (Å²) in [4.78, 5) is 21.9. The SMILES string of the molecule is CC(C)(C)OC(=O)N1CCC(Oc2ccc(Nc3ncncc3N)cc2)CC1. The number of likely N-dealkylation sites (tertiary alicyclic amines) is 1. The van der Waals surface area contributed by atoms with Gasteiger partial charge in [-0.25, -0.2) is 14.8 Å². The van der Waals surface area contributed by atoms with Gasteiger partial charge in [-0.2, -0.15) is 0 Å². The van der Waals surface area contributed by atoms with E-state index in [0.29, 0.717) is 24.6 Å². The van der Waals surface area contributed by atoms with Crippen LogP contribution in [-0.2, 0) is 4.74 Å². The van der Waals surface area contributed by atoms with Gasteiger partial charge in [0.1, 0.15) is 23.8 Å². The number of carbonyl (C=O) groups is 1. The molecule has 150 valence electrons. The Morgan fingerprint density at radius 1 is 1.21 bits per heavy atom. The average Bonchev–Trinajstić information content (AvgIpc) is 2.64. The first-order chi connectivity index (χ1) is 13.3. The molecule has 0 bridgehead atoms. The van der Waals surface area contributed by atoms with Gasteiger partial charge < -0.3 is 25.4 Å². The number of benzene rings is 1. The highest BCUT2D eigenvalue weighted by molar-refractivity contribution is 5.68. The number of hydrogen-bond acceptors (Lipinski definition) is 7. The number of anilines is 3. The largest absolute Gasteiger partial charge is 0.490 e. The van der Waals surface area contributed by atoms with Crippen molar-refractivity contribution in [2.24, 2.45) is 0 Å². The van der Waals surface area contributed by atoms with Crippen molar-refractivity contribution in [3.05, 3.63) is 36.8 Å². The lowest BCUT2D eigenvalue weighted by molar-refractivity contribution is 0.0126. The Morgan fingerprint density at radius 2 is 1.89 bits per heavy atom. The molecule has 1 aromatic carbocycles. The van der Waals surface area contributed by atoms with E-state index in [2.05, 4.69) is 15.3 Å². The molecular weight excluding hydrogens is 358 g/mol. The molecule has 1 aromatic heterocycles. The van der Waals surface area contributed by atoms with Crippen LogP contribution in [0.4, 0.5) is 22.0 Å². The van der Waals surface area contributed by atoms with E-state index in [1.165, 1.54) is 6.33 Å². The van der Waals surface area contributed by atoms with Crippen molar-refractivity contribution in [3.8, 4) is 5.75 Å². The smallest absolute Gasteiger partial charge is 0.410 e. The van der Waals surface area contributed by atoms with Gasteiger partial charge in [0.2, 0.25) is 0 Å². The van der Waals surface area contributed by atoms with Crippen LogP contribution in [0.25, 0.3) is 0 Å². The van der Waals surface area contributed by atoms with Crippen LogP contribution in [0.3, 0.4) is 0 Å². The number of nitrogens with zero attached hydrogens (tertiary/aromatic N) is 3. The molecule has 2 aromatic rings. The summed E-state index contributed by atoms with van der Waals surface area (Å²) in [5.41, 5.74) is 6.71. The van der Waals surface area contributed by atoms with Crippen molar-refractivity contribution < 1.29 is 14.3 Å². The molecule has 0 radical (unpaired) electrons. The summed E-state index contributed by atoms with van der Waals surface area (Å²) < 4.78 is 11.5. The topological polar surface area (TPSA) is 103 Å². The molecular formula is C20H27N5O3. The molecule has 1 fully saturated rings. The van der Waals surface area contributed by atoms with Crippen LogP contribution >= 0.6 is 0 Å². The highest BCUT2D eigenvalue weighted by atomic mass is 16.6. The van der Waals surface area contributed by atoms with E-state index in [1.54, 1.807) is 11.1 Å². The minimum atomic E-state index is -0.476. The third-order valence-electron chi connectivity index (χ3n) is 4.25. The first-order valence-electron chi connectivity index (χ1n) is 9.37. The van der Waals surface area contributed by atoms with Gasteiger partial charge in [0.05, 0.1) is 11.9 Å². The number of carbonyl (C=O) groups excluding carboxylic acids is 1. The second-order valence-corrected chi connectivity index (χ2v) is 7.76. The van der Waals surface area contributed by atoms with E-state index in [4.69, 9.17) is 15.2 Å². The number of nitrogen functional groups attached to an aromatic ring is 1. The predicted octanol–water partition coefficient (Wildman–Crippen LogP) is 3.58. The fraction of sp³-hybridized carbons (Fsp3) is 0.450. The lowest BCUT2D eigenvalue weighted by atomic mass is 10.1. The second kappa shape index (κ2) is 8.33. The number of rotatable bonds is 4. The molecule has 1 saturated heterocycles. The molecule has 0 unspecified atom stereocenters. The zero-order valence-electron chi connectivity index (χ0n) is 16.5. The average molecular weight is 385 g/mol. The van der Waals surface area contributed by atoms with Gasteiger partial charge >= 0.3 is 6.09 Å². The van der Waals surface area contributed by atoms with E-state index in [9.17, 15) is 4.79 Å². The minimum absolute atomic E-state index is 0.0787. The van der Waals surface area contributed by atoms with E-state index in [-0.39, 0.29) is 12.2 Å². The maximum Gasteiger partial charge on any atom is 0.410 e. The molecule has 8 heteroatoms. The maximum atomic E-state index is 12.1. The highest BCUT2D eigenvalue weighted by Crippen LogP contribution is 2.24. The summed E-state index contributed by atoms with van der Waals surface area (Å²) in [6, 6.07) is 7.62. The monoisotopic (exact) mass is 385 g/mol. The van der Waals surface area contributed by atoms with Crippen LogP contribution in [-0.4, -0.2) is 45.8 Å². The molecule has 28 heavy (non-hydrogen) atoms. The van der Waals surface area contributed by atoms with Gasteiger partial charge in [-0.15, -0.1) is 0 Å². The number of hydrogen-bond donors (Lipinski definition) is 2. The van der Waals surface area contributed by atoms with Crippen molar-refractivity contribution in [3.63, 3.8) is 0 Å². The van der Waals surface area contributed by atoms with Gasteiger partial charge in [0, 0.05) is 31.6 Å². The van der Waals surface area contributed by atoms with Crippen molar-refractivity contribution >= 4 is 23.3 Å². The number of nitrogens with two attached hydrogens (primary N) is 1. The number of amides is 1. The highest BCUT2D eigenvalue weighted by Gasteiger charge is 2.27. The molecule has 0 atom stereocenters. The second-order valence-electron chi connectivity index (χ2n) is 7.76. The first-order valence-corrected chi connectivity index (χ1v) is 9.37. The summed E-state index contributed by atoms with van der Waals surface area (Å²) in [6.07, 6.45) is 4.37. The summed E-state index contributed by atoms with van der Waals surface area (Å²) >= 11 is 0. The quantitative estimate of drug-likeness (QED) is 0.829. The van der Waals surface area contributed by atoms with E-state index < -0.39 is 5.60 Å². The molecule has 1 aliphatic heterocycles. The summed E-state index contributed by atoms with van der Waals surface area (Å²) in [5.74, 6) is 1.36. The Morgan fingerprint density at radius 3 is 2.50 bits per heavy atom. The summed E-state index contributed by atoms with van der Waals surface area (Å²) in [5, 5.41) is 3.15. The van der Waals surface area contributed by atoms with Gasteiger partial charge in [0.15, 0.2) is 5.82 Å². The molecule has 2 heterocycles. The number of aromatic nitrogens is 2. The first kappa shape index (κ1) is 19.7. The van der Waals surface area contributed by atoms with Gasteiger partial charge in [0.25, 0.3) is 0 Å². The molecule has 8 nitrogen and oxygen atoms in total. The van der Waals surface area contributed by atoms with Crippen molar-refractivity contribution in [2.45, 2.75) is 45.3 Å². The third-order valence-corrected chi connectivity index (χ3v) is 4.25. The van der Waals surface area contributed by atoms with Crippen LogP contribution in [0.2, 0.25) is 0 Å². The fourth-order valence-corrected chi connectivity index (χ4v) is 2.87. The van der Waals surface area contributed by atoms with Crippen molar-refractivity contribution in [2.75, 3.05) is 24.1 Å². The third kappa shape index (κ3) is 5.48. The molecule has 3 rings (SSSR count). The van der Waals surface area contributed by atoms with Crippen LogP contribution in [0.1, 0.15) is 33.6 Å². The standard InChI is InChI=1S/C20H27N5O3/c1-20(2,3)28-19(26)25-10-8-16(9-11-25)27-15-6-4-14(5-7-15)24-18-17(21)12-22-13-23-18/h4-7,12-13,16H,8-11,21H2,1-3H3,(H,22,23,24). The predicted molar refractivity (Wildman–Crippen MR) is 108 cm³/mol. The molecule has 1 amide bonds.